The van der Waals surface area contributed by atoms with E-state index in [1.54, 1.807) is 4.90 Å². The molecule has 0 radical (unpaired) electrons. The van der Waals surface area contributed by atoms with Gasteiger partial charge >= 0.3 is 0 Å². The van der Waals surface area contributed by atoms with Crippen LogP contribution in [-0.2, 0) is 20.7 Å². The second-order valence-corrected chi connectivity index (χ2v) is 4.95. The molecule has 0 unspecified atom stereocenters. The number of benzene rings is 1. The maximum atomic E-state index is 11.8. The van der Waals surface area contributed by atoms with E-state index in [1.807, 2.05) is 31.2 Å². The zero-order valence-electron chi connectivity index (χ0n) is 11.7. The van der Waals surface area contributed by atoms with Crippen molar-refractivity contribution in [3.8, 4) is 0 Å². The standard InChI is InChI=1S/C15H20N2O3/c1-12-3-2-4-13(9-12)10-14(18)16-5-6-17-7-8-20-11-15(17)19/h2-4,9H,5-8,10-11H2,1H3,(H,16,18). The van der Waals surface area contributed by atoms with Gasteiger partial charge in [0.1, 0.15) is 6.61 Å². The first kappa shape index (κ1) is 14.5. The molecule has 20 heavy (non-hydrogen) atoms. The van der Waals surface area contributed by atoms with Gasteiger partial charge in [-0.2, -0.15) is 0 Å². The minimum atomic E-state index is -0.0173. The minimum Gasteiger partial charge on any atom is -0.370 e. The van der Waals surface area contributed by atoms with Crippen LogP contribution in [0.4, 0.5) is 0 Å². The molecular formula is C15H20N2O3. The molecule has 1 aliphatic rings. The number of aryl methyl sites for hydroxylation is 1. The third-order valence-electron chi connectivity index (χ3n) is 3.23. The first-order valence-electron chi connectivity index (χ1n) is 6.83. The molecule has 1 N–H and O–H groups in total. The van der Waals surface area contributed by atoms with Gasteiger partial charge in [-0.1, -0.05) is 29.8 Å². The molecule has 1 aliphatic heterocycles. The van der Waals surface area contributed by atoms with Gasteiger partial charge in [-0.15, -0.1) is 0 Å². The lowest BCUT2D eigenvalue weighted by atomic mass is 10.1. The first-order chi connectivity index (χ1) is 9.65. The van der Waals surface area contributed by atoms with Crippen molar-refractivity contribution in [1.82, 2.24) is 10.2 Å². The van der Waals surface area contributed by atoms with Crippen LogP contribution in [0.1, 0.15) is 11.1 Å². The Hall–Kier alpha value is -1.88. The monoisotopic (exact) mass is 276 g/mol. The summed E-state index contributed by atoms with van der Waals surface area (Å²) < 4.78 is 5.05. The molecule has 0 atom stereocenters. The van der Waals surface area contributed by atoms with Crippen LogP contribution in [0.3, 0.4) is 0 Å². The van der Waals surface area contributed by atoms with E-state index in [4.69, 9.17) is 4.74 Å². The molecule has 0 aromatic heterocycles. The van der Waals surface area contributed by atoms with Gasteiger partial charge in [-0.3, -0.25) is 9.59 Å². The molecule has 0 aliphatic carbocycles. The highest BCUT2D eigenvalue weighted by molar-refractivity contribution is 5.79. The van der Waals surface area contributed by atoms with Crippen molar-refractivity contribution in [3.63, 3.8) is 0 Å². The van der Waals surface area contributed by atoms with Crippen molar-refractivity contribution in [2.75, 3.05) is 32.8 Å². The maximum Gasteiger partial charge on any atom is 0.248 e. The number of nitrogens with zero attached hydrogens (tertiary/aromatic N) is 1. The number of carbonyl (C=O) groups excluding carboxylic acids is 2. The summed E-state index contributed by atoms with van der Waals surface area (Å²) in [5.41, 5.74) is 2.15. The zero-order chi connectivity index (χ0) is 14.4. The summed E-state index contributed by atoms with van der Waals surface area (Å²) in [5.74, 6) is -0.0273. The second-order valence-electron chi connectivity index (χ2n) is 4.95. The largest absolute Gasteiger partial charge is 0.370 e. The Morgan fingerprint density at radius 3 is 3.05 bits per heavy atom. The van der Waals surface area contributed by atoms with E-state index in [2.05, 4.69) is 5.32 Å². The van der Waals surface area contributed by atoms with Crippen molar-refractivity contribution in [1.29, 1.82) is 0 Å². The SMILES string of the molecule is Cc1cccc(CC(=O)NCCN2CCOCC2=O)c1. The van der Waals surface area contributed by atoms with Crippen LogP contribution in [-0.4, -0.2) is 49.6 Å². The van der Waals surface area contributed by atoms with Crippen LogP contribution in [0.25, 0.3) is 0 Å². The Balaban J connectivity index is 1.71. The van der Waals surface area contributed by atoms with Crippen LogP contribution in [0, 0.1) is 6.92 Å². The fourth-order valence-electron chi connectivity index (χ4n) is 2.19. The highest BCUT2D eigenvalue weighted by Gasteiger charge is 2.17. The third kappa shape index (κ3) is 4.35. The number of hydrogen-bond donors (Lipinski definition) is 1. The van der Waals surface area contributed by atoms with Crippen molar-refractivity contribution in [3.05, 3.63) is 35.4 Å². The summed E-state index contributed by atoms with van der Waals surface area (Å²) in [4.78, 5) is 25.0. The average Bonchev–Trinajstić information content (AvgIpc) is 2.41. The lowest BCUT2D eigenvalue weighted by Crippen LogP contribution is -2.45. The molecule has 0 bridgehead atoms. The van der Waals surface area contributed by atoms with Crippen LogP contribution in [0.15, 0.2) is 24.3 Å². The smallest absolute Gasteiger partial charge is 0.248 e. The lowest BCUT2D eigenvalue weighted by molar-refractivity contribution is -0.142. The molecular weight excluding hydrogens is 256 g/mol. The Morgan fingerprint density at radius 2 is 2.30 bits per heavy atom. The summed E-state index contributed by atoms with van der Waals surface area (Å²) in [6.45, 7) is 4.36. The minimum absolute atomic E-state index is 0.0100. The lowest BCUT2D eigenvalue weighted by Gasteiger charge is -2.26. The molecule has 2 amide bonds. The van der Waals surface area contributed by atoms with E-state index >= 15 is 0 Å². The fourth-order valence-corrected chi connectivity index (χ4v) is 2.19. The van der Waals surface area contributed by atoms with Crippen LogP contribution in [0.2, 0.25) is 0 Å². The van der Waals surface area contributed by atoms with Crippen LogP contribution >= 0.6 is 0 Å². The first-order valence-corrected chi connectivity index (χ1v) is 6.83. The van der Waals surface area contributed by atoms with E-state index in [-0.39, 0.29) is 18.4 Å². The van der Waals surface area contributed by atoms with Gasteiger partial charge in [0.15, 0.2) is 0 Å². The van der Waals surface area contributed by atoms with Gasteiger partial charge in [0.05, 0.1) is 13.0 Å². The predicted octanol–water partition coefficient (Wildman–Crippen LogP) is 0.513. The number of hydrogen-bond acceptors (Lipinski definition) is 3. The molecule has 108 valence electrons. The Labute approximate surface area is 118 Å². The van der Waals surface area contributed by atoms with Crippen molar-refractivity contribution in [2.24, 2.45) is 0 Å². The molecule has 1 aromatic rings. The van der Waals surface area contributed by atoms with E-state index in [1.165, 1.54) is 0 Å². The summed E-state index contributed by atoms with van der Waals surface area (Å²) in [6.07, 6.45) is 0.374. The van der Waals surface area contributed by atoms with E-state index in [0.717, 1.165) is 11.1 Å². The molecule has 0 spiro atoms. The van der Waals surface area contributed by atoms with E-state index in [9.17, 15) is 9.59 Å². The maximum absolute atomic E-state index is 11.8. The molecule has 1 saturated heterocycles. The molecule has 1 fully saturated rings. The molecule has 2 rings (SSSR count). The Kier molecular flexibility index (Phi) is 5.12. The fraction of sp³-hybridized carbons (Fsp3) is 0.467. The summed E-state index contributed by atoms with van der Waals surface area (Å²) in [5, 5.41) is 2.84. The Morgan fingerprint density at radius 1 is 1.45 bits per heavy atom. The zero-order valence-corrected chi connectivity index (χ0v) is 11.7. The predicted molar refractivity (Wildman–Crippen MR) is 75.3 cm³/mol. The van der Waals surface area contributed by atoms with Gasteiger partial charge in [0, 0.05) is 19.6 Å². The molecule has 5 nitrogen and oxygen atoms in total. The third-order valence-corrected chi connectivity index (χ3v) is 3.23. The van der Waals surface area contributed by atoms with E-state index in [0.29, 0.717) is 32.7 Å². The normalized spacial score (nSPS) is 15.2. The van der Waals surface area contributed by atoms with Crippen molar-refractivity contribution < 1.29 is 14.3 Å². The van der Waals surface area contributed by atoms with Gasteiger partial charge in [0.2, 0.25) is 11.8 Å². The number of morpholine rings is 1. The van der Waals surface area contributed by atoms with Crippen LogP contribution < -0.4 is 5.32 Å². The summed E-state index contributed by atoms with van der Waals surface area (Å²) in [7, 11) is 0. The van der Waals surface area contributed by atoms with Crippen LogP contribution in [0.5, 0.6) is 0 Å². The van der Waals surface area contributed by atoms with E-state index < -0.39 is 0 Å². The highest BCUT2D eigenvalue weighted by atomic mass is 16.5. The van der Waals surface area contributed by atoms with Gasteiger partial charge in [-0.25, -0.2) is 0 Å². The van der Waals surface area contributed by atoms with Crippen molar-refractivity contribution in [2.45, 2.75) is 13.3 Å². The van der Waals surface area contributed by atoms with Crippen molar-refractivity contribution >= 4 is 11.8 Å². The van der Waals surface area contributed by atoms with Gasteiger partial charge in [0.25, 0.3) is 0 Å². The highest BCUT2D eigenvalue weighted by Crippen LogP contribution is 2.04. The van der Waals surface area contributed by atoms with Gasteiger partial charge in [-0.05, 0) is 12.5 Å². The average molecular weight is 276 g/mol. The summed E-state index contributed by atoms with van der Waals surface area (Å²) in [6, 6.07) is 7.90. The molecule has 5 heteroatoms. The molecule has 1 aromatic carbocycles. The molecule has 0 saturated carbocycles. The Bertz CT molecular complexity index is 488. The number of amides is 2. The molecule has 1 heterocycles. The van der Waals surface area contributed by atoms with Gasteiger partial charge < -0.3 is 15.0 Å². The number of carbonyl (C=O) groups is 2. The quantitative estimate of drug-likeness (QED) is 0.852. The second kappa shape index (κ2) is 7.05. The summed E-state index contributed by atoms with van der Waals surface area (Å²) >= 11 is 0. The topological polar surface area (TPSA) is 58.6 Å². The number of ether oxygens (including phenoxy) is 1. The number of nitrogens with one attached hydrogen (secondary N) is 1. The number of rotatable bonds is 5.